The second kappa shape index (κ2) is 8.90. The Morgan fingerprint density at radius 3 is 2.56 bits per heavy atom. The molecule has 0 saturated heterocycles. The number of ether oxygens (including phenoxy) is 2. The molecule has 0 fully saturated rings. The molecule has 0 unspecified atom stereocenters. The van der Waals surface area contributed by atoms with Crippen LogP contribution < -0.4 is 20.5 Å². The van der Waals surface area contributed by atoms with E-state index in [2.05, 4.69) is 5.32 Å². The Labute approximate surface area is 162 Å². The molecule has 3 rings (SSSR count). The molecule has 0 saturated carbocycles. The second-order valence-corrected chi connectivity index (χ2v) is 7.56. The maximum atomic E-state index is 12.3. The van der Waals surface area contributed by atoms with E-state index < -0.39 is 5.91 Å². The lowest BCUT2D eigenvalue weighted by Gasteiger charge is -2.11. The van der Waals surface area contributed by atoms with E-state index in [9.17, 15) is 9.59 Å². The standard InChI is InChI=1S/C20H24N2O4S/c1-25-13-8-10-14(11-9-13)26-12-4-7-17(23)22-20-18(19(21)24)15-5-2-3-6-16(15)27-20/h8-11H,2-7,12H2,1H3,(H2,21,24)(H,22,23). The molecule has 6 nitrogen and oxygen atoms in total. The van der Waals surface area contributed by atoms with Crippen LogP contribution in [0, 0.1) is 0 Å². The SMILES string of the molecule is COc1ccc(OCCCC(=O)Nc2sc3c(c2C(N)=O)CCCC3)cc1. The maximum Gasteiger partial charge on any atom is 0.251 e. The monoisotopic (exact) mass is 388 g/mol. The summed E-state index contributed by atoms with van der Waals surface area (Å²) in [4.78, 5) is 25.3. The van der Waals surface area contributed by atoms with Crippen molar-refractivity contribution in [3.05, 3.63) is 40.3 Å². The Balaban J connectivity index is 1.50. The van der Waals surface area contributed by atoms with Crippen molar-refractivity contribution in [2.24, 2.45) is 5.73 Å². The van der Waals surface area contributed by atoms with Crippen molar-refractivity contribution in [1.29, 1.82) is 0 Å². The Kier molecular flexibility index (Phi) is 6.34. The van der Waals surface area contributed by atoms with E-state index in [4.69, 9.17) is 15.2 Å². The van der Waals surface area contributed by atoms with Crippen molar-refractivity contribution in [3.63, 3.8) is 0 Å². The lowest BCUT2D eigenvalue weighted by atomic mass is 9.95. The van der Waals surface area contributed by atoms with Gasteiger partial charge in [0.05, 0.1) is 19.3 Å². The number of rotatable bonds is 8. The van der Waals surface area contributed by atoms with E-state index in [0.717, 1.165) is 42.7 Å². The number of hydrogen-bond donors (Lipinski definition) is 2. The first-order valence-corrected chi connectivity index (χ1v) is 9.91. The molecule has 27 heavy (non-hydrogen) atoms. The van der Waals surface area contributed by atoms with Gasteiger partial charge in [0.25, 0.3) is 5.91 Å². The minimum absolute atomic E-state index is 0.130. The molecular formula is C20H24N2O4S. The lowest BCUT2D eigenvalue weighted by Crippen LogP contribution is -2.18. The van der Waals surface area contributed by atoms with Gasteiger partial charge in [0, 0.05) is 11.3 Å². The molecule has 144 valence electrons. The van der Waals surface area contributed by atoms with Crippen molar-refractivity contribution >= 4 is 28.2 Å². The molecule has 1 aliphatic carbocycles. The smallest absolute Gasteiger partial charge is 0.251 e. The fraction of sp³-hybridized carbons (Fsp3) is 0.400. The van der Waals surface area contributed by atoms with E-state index in [-0.39, 0.29) is 5.91 Å². The highest BCUT2D eigenvalue weighted by atomic mass is 32.1. The third kappa shape index (κ3) is 4.80. The van der Waals surface area contributed by atoms with Gasteiger partial charge in [-0.1, -0.05) is 0 Å². The van der Waals surface area contributed by atoms with Gasteiger partial charge in [-0.25, -0.2) is 0 Å². The third-order valence-corrected chi connectivity index (χ3v) is 5.75. The van der Waals surface area contributed by atoms with Crippen molar-refractivity contribution < 1.29 is 19.1 Å². The number of benzene rings is 1. The minimum atomic E-state index is -0.465. The molecule has 1 aliphatic rings. The fourth-order valence-corrected chi connectivity index (χ4v) is 4.51. The van der Waals surface area contributed by atoms with Gasteiger partial charge >= 0.3 is 0 Å². The number of nitrogens with two attached hydrogens (primary N) is 1. The molecule has 0 spiro atoms. The molecule has 2 aromatic rings. The molecular weight excluding hydrogens is 364 g/mol. The van der Waals surface area contributed by atoms with Gasteiger partial charge in [0.1, 0.15) is 16.5 Å². The molecule has 0 radical (unpaired) electrons. The van der Waals surface area contributed by atoms with Crippen LogP contribution in [0.3, 0.4) is 0 Å². The predicted octanol–water partition coefficient (Wildman–Crippen LogP) is 3.53. The van der Waals surface area contributed by atoms with Crippen LogP contribution in [-0.2, 0) is 17.6 Å². The van der Waals surface area contributed by atoms with Gasteiger partial charge in [-0.3, -0.25) is 9.59 Å². The number of methoxy groups -OCH3 is 1. The van der Waals surface area contributed by atoms with Crippen LogP contribution in [0.2, 0.25) is 0 Å². The van der Waals surface area contributed by atoms with Crippen molar-refractivity contribution in [2.45, 2.75) is 38.5 Å². The molecule has 0 aliphatic heterocycles. The Morgan fingerprint density at radius 2 is 1.85 bits per heavy atom. The molecule has 0 bridgehead atoms. The summed E-state index contributed by atoms with van der Waals surface area (Å²) >= 11 is 1.48. The Bertz CT molecular complexity index is 814. The lowest BCUT2D eigenvalue weighted by molar-refractivity contribution is -0.116. The van der Waals surface area contributed by atoms with Crippen molar-refractivity contribution in [1.82, 2.24) is 0 Å². The van der Waals surface area contributed by atoms with Crippen LogP contribution in [0.5, 0.6) is 11.5 Å². The number of anilines is 1. The van der Waals surface area contributed by atoms with Gasteiger partial charge < -0.3 is 20.5 Å². The highest BCUT2D eigenvalue weighted by molar-refractivity contribution is 7.17. The number of nitrogens with one attached hydrogen (secondary N) is 1. The second-order valence-electron chi connectivity index (χ2n) is 6.45. The number of fused-ring (bicyclic) bond motifs is 1. The summed E-state index contributed by atoms with van der Waals surface area (Å²) in [7, 11) is 1.61. The van der Waals surface area contributed by atoms with Crippen LogP contribution in [-0.4, -0.2) is 25.5 Å². The summed E-state index contributed by atoms with van der Waals surface area (Å²) < 4.78 is 10.7. The molecule has 1 aromatic carbocycles. The summed E-state index contributed by atoms with van der Waals surface area (Å²) in [6.07, 6.45) is 4.87. The van der Waals surface area contributed by atoms with Crippen LogP contribution >= 0.6 is 11.3 Å². The van der Waals surface area contributed by atoms with Crippen LogP contribution in [0.15, 0.2) is 24.3 Å². The molecule has 1 aromatic heterocycles. The van der Waals surface area contributed by atoms with Gasteiger partial charge in [-0.2, -0.15) is 0 Å². The first-order valence-electron chi connectivity index (χ1n) is 9.09. The number of carbonyl (C=O) groups excluding carboxylic acids is 2. The Hall–Kier alpha value is -2.54. The average Bonchev–Trinajstić information content (AvgIpc) is 3.03. The van der Waals surface area contributed by atoms with Gasteiger partial charge in [0.2, 0.25) is 5.91 Å². The minimum Gasteiger partial charge on any atom is -0.497 e. The van der Waals surface area contributed by atoms with Crippen LogP contribution in [0.25, 0.3) is 0 Å². The summed E-state index contributed by atoms with van der Waals surface area (Å²) in [5, 5.41) is 3.46. The quantitative estimate of drug-likeness (QED) is 0.677. The third-order valence-electron chi connectivity index (χ3n) is 4.55. The summed E-state index contributed by atoms with van der Waals surface area (Å²) in [6.45, 7) is 0.434. The molecule has 2 amide bonds. The number of hydrogen-bond acceptors (Lipinski definition) is 5. The zero-order valence-corrected chi connectivity index (χ0v) is 16.2. The van der Waals surface area contributed by atoms with E-state index >= 15 is 0 Å². The number of primary amides is 1. The molecule has 3 N–H and O–H groups in total. The number of thiophene rings is 1. The molecule has 1 heterocycles. The van der Waals surface area contributed by atoms with E-state index in [1.165, 1.54) is 16.2 Å². The molecule has 7 heteroatoms. The van der Waals surface area contributed by atoms with Crippen molar-refractivity contribution in [3.8, 4) is 11.5 Å². The topological polar surface area (TPSA) is 90.7 Å². The highest BCUT2D eigenvalue weighted by Gasteiger charge is 2.24. The van der Waals surface area contributed by atoms with Gasteiger partial charge in [-0.05, 0) is 61.9 Å². The first kappa shape index (κ1) is 19.2. The van der Waals surface area contributed by atoms with E-state index in [1.54, 1.807) is 7.11 Å². The maximum absolute atomic E-state index is 12.3. The largest absolute Gasteiger partial charge is 0.497 e. The number of aryl methyl sites for hydroxylation is 1. The van der Waals surface area contributed by atoms with E-state index in [0.29, 0.717) is 30.0 Å². The molecule has 0 atom stereocenters. The van der Waals surface area contributed by atoms with Crippen molar-refractivity contribution in [2.75, 3.05) is 19.0 Å². The summed E-state index contributed by atoms with van der Waals surface area (Å²) in [5.74, 6) is 0.908. The summed E-state index contributed by atoms with van der Waals surface area (Å²) in [6, 6.07) is 7.31. The van der Waals surface area contributed by atoms with Crippen LogP contribution in [0.4, 0.5) is 5.00 Å². The zero-order chi connectivity index (χ0) is 19.2. The summed E-state index contributed by atoms with van der Waals surface area (Å²) in [5.41, 5.74) is 7.08. The van der Waals surface area contributed by atoms with Gasteiger partial charge in [0.15, 0.2) is 0 Å². The average molecular weight is 388 g/mol. The zero-order valence-electron chi connectivity index (χ0n) is 15.4. The number of carbonyl (C=O) groups is 2. The Morgan fingerprint density at radius 1 is 1.15 bits per heavy atom. The number of amides is 2. The van der Waals surface area contributed by atoms with Gasteiger partial charge in [-0.15, -0.1) is 11.3 Å². The highest BCUT2D eigenvalue weighted by Crippen LogP contribution is 2.37. The predicted molar refractivity (Wildman–Crippen MR) is 106 cm³/mol. The normalized spacial score (nSPS) is 12.9. The fourth-order valence-electron chi connectivity index (χ4n) is 3.20. The van der Waals surface area contributed by atoms with Crippen LogP contribution in [0.1, 0.15) is 46.5 Å². The van der Waals surface area contributed by atoms with E-state index in [1.807, 2.05) is 24.3 Å². The first-order chi connectivity index (χ1) is 13.1.